The lowest BCUT2D eigenvalue weighted by molar-refractivity contribution is 0.0768. The van der Waals surface area contributed by atoms with Gasteiger partial charge in [-0.3, -0.25) is 4.79 Å². The van der Waals surface area contributed by atoms with Crippen LogP contribution in [0, 0.1) is 6.92 Å². The molecule has 3 rings (SSSR count). The zero-order valence-corrected chi connectivity index (χ0v) is 19.3. The quantitative estimate of drug-likeness (QED) is 0.553. The van der Waals surface area contributed by atoms with Crippen LogP contribution in [0.4, 0.5) is 0 Å². The predicted octanol–water partition coefficient (Wildman–Crippen LogP) is 6.21. The molecule has 0 aromatic heterocycles. The van der Waals surface area contributed by atoms with Gasteiger partial charge in [0.15, 0.2) is 0 Å². The van der Waals surface area contributed by atoms with Crippen molar-refractivity contribution < 1.29 is 14.6 Å². The third-order valence-electron chi connectivity index (χ3n) is 6.12. The van der Waals surface area contributed by atoms with E-state index in [4.69, 9.17) is 4.74 Å². The number of unbranched alkanes of at least 4 members (excludes halogenated alkanes) is 2. The Balaban J connectivity index is 2.26. The predicted molar refractivity (Wildman–Crippen MR) is 122 cm³/mol. The van der Waals surface area contributed by atoms with Crippen molar-refractivity contribution in [1.29, 1.82) is 0 Å². The van der Waals surface area contributed by atoms with E-state index in [1.165, 1.54) is 0 Å². The van der Waals surface area contributed by atoms with Gasteiger partial charge in [-0.05, 0) is 64.7 Å². The molecule has 1 heterocycles. The summed E-state index contributed by atoms with van der Waals surface area (Å²) in [4.78, 5) is 15.2. The fourth-order valence-corrected chi connectivity index (χ4v) is 4.43. The molecule has 0 unspecified atom stereocenters. The molecule has 0 saturated carbocycles. The minimum absolute atomic E-state index is 0.0539. The van der Waals surface area contributed by atoms with Crippen molar-refractivity contribution in [2.75, 3.05) is 13.1 Å². The van der Waals surface area contributed by atoms with Crippen LogP contribution < -0.4 is 4.74 Å². The number of rotatable bonds is 7. The van der Waals surface area contributed by atoms with Crippen LogP contribution in [0.15, 0.2) is 24.3 Å². The maximum absolute atomic E-state index is 13.4. The van der Waals surface area contributed by atoms with Crippen LogP contribution in [0.3, 0.4) is 0 Å². The Hall–Kier alpha value is -2.49. The molecule has 0 saturated heterocycles. The van der Waals surface area contributed by atoms with Crippen molar-refractivity contribution in [3.8, 4) is 22.6 Å². The summed E-state index contributed by atoms with van der Waals surface area (Å²) in [6, 6.07) is 8.20. The van der Waals surface area contributed by atoms with Crippen LogP contribution in [0.25, 0.3) is 11.1 Å². The first kappa shape index (κ1) is 22.2. The van der Waals surface area contributed by atoms with Gasteiger partial charge < -0.3 is 14.7 Å². The van der Waals surface area contributed by atoms with Crippen LogP contribution >= 0.6 is 0 Å². The number of aromatic hydroxyl groups is 1. The molecule has 0 fully saturated rings. The molecule has 0 radical (unpaired) electrons. The largest absolute Gasteiger partial charge is 0.506 e. The van der Waals surface area contributed by atoms with Gasteiger partial charge in [-0.15, -0.1) is 0 Å². The van der Waals surface area contributed by atoms with Crippen molar-refractivity contribution >= 4 is 5.91 Å². The highest BCUT2D eigenvalue weighted by Gasteiger charge is 2.36. The van der Waals surface area contributed by atoms with Crippen molar-refractivity contribution in [2.45, 2.75) is 72.8 Å². The van der Waals surface area contributed by atoms with Gasteiger partial charge in [-0.2, -0.15) is 0 Å². The molecule has 0 bridgehead atoms. The van der Waals surface area contributed by atoms with Crippen molar-refractivity contribution in [2.24, 2.45) is 0 Å². The number of phenolic OH excluding ortho intramolecular Hbond substituents is 1. The number of fused-ring (bicyclic) bond motifs is 3. The van der Waals surface area contributed by atoms with Gasteiger partial charge in [0.05, 0.1) is 11.1 Å². The summed E-state index contributed by atoms with van der Waals surface area (Å²) >= 11 is 0. The van der Waals surface area contributed by atoms with E-state index in [2.05, 4.69) is 25.1 Å². The number of carbonyl (C=O) groups is 1. The fraction of sp³-hybridized carbons (Fsp3) is 0.500. The third kappa shape index (κ3) is 3.92. The molecule has 2 aromatic rings. The second-order valence-corrected chi connectivity index (χ2v) is 8.73. The van der Waals surface area contributed by atoms with Gasteiger partial charge in [0.2, 0.25) is 0 Å². The summed E-state index contributed by atoms with van der Waals surface area (Å²) in [7, 11) is 0. The number of nitrogens with zero attached hydrogens (tertiary/aromatic N) is 1. The van der Waals surface area contributed by atoms with Crippen molar-refractivity contribution in [3.05, 3.63) is 46.5 Å². The van der Waals surface area contributed by atoms with E-state index in [1.54, 1.807) is 4.90 Å². The maximum atomic E-state index is 13.4. The van der Waals surface area contributed by atoms with E-state index in [9.17, 15) is 9.90 Å². The topological polar surface area (TPSA) is 49.8 Å². The summed E-state index contributed by atoms with van der Waals surface area (Å²) in [5, 5.41) is 11.5. The normalized spacial score (nSPS) is 13.9. The Bertz CT molecular complexity index is 942. The highest BCUT2D eigenvalue weighted by atomic mass is 16.5. The van der Waals surface area contributed by atoms with Crippen LogP contribution in [-0.4, -0.2) is 29.0 Å². The van der Waals surface area contributed by atoms with Crippen molar-refractivity contribution in [3.63, 3.8) is 0 Å². The average Bonchev–Trinajstić information content (AvgIpc) is 2.68. The molecule has 1 aliphatic rings. The van der Waals surface area contributed by atoms with Gasteiger partial charge in [0.1, 0.15) is 17.1 Å². The summed E-state index contributed by atoms with van der Waals surface area (Å²) in [6.07, 6.45) is 3.92. The smallest absolute Gasteiger partial charge is 0.257 e. The summed E-state index contributed by atoms with van der Waals surface area (Å²) in [5.41, 5.74) is 4.53. The van der Waals surface area contributed by atoms with Gasteiger partial charge in [0, 0.05) is 18.7 Å². The molecule has 4 heteroatoms. The van der Waals surface area contributed by atoms with E-state index < -0.39 is 5.60 Å². The number of carbonyl (C=O) groups excluding carboxylic acids is 1. The summed E-state index contributed by atoms with van der Waals surface area (Å²) in [6.45, 7) is 13.5. The van der Waals surface area contributed by atoms with Crippen LogP contribution in [-0.2, 0) is 12.0 Å². The van der Waals surface area contributed by atoms with E-state index in [-0.39, 0.29) is 11.7 Å². The lowest BCUT2D eigenvalue weighted by Crippen LogP contribution is -2.32. The molecule has 1 N–H and O–H groups in total. The molecule has 1 amide bonds. The first-order valence-corrected chi connectivity index (χ1v) is 11.2. The minimum Gasteiger partial charge on any atom is -0.506 e. The number of aryl methyl sites for hydroxylation is 2. The van der Waals surface area contributed by atoms with E-state index in [0.717, 1.165) is 47.9 Å². The first-order valence-electron chi connectivity index (χ1n) is 11.2. The van der Waals surface area contributed by atoms with Crippen LogP contribution in [0.5, 0.6) is 11.5 Å². The molecule has 2 aromatic carbocycles. The number of benzene rings is 2. The Morgan fingerprint density at radius 3 is 2.43 bits per heavy atom. The molecule has 0 spiro atoms. The Morgan fingerprint density at radius 2 is 1.80 bits per heavy atom. The molecular weight excluding hydrogens is 374 g/mol. The number of ether oxygens (including phenoxy) is 1. The number of hydrogen-bond donors (Lipinski definition) is 1. The highest BCUT2D eigenvalue weighted by Crippen LogP contribution is 2.51. The molecule has 30 heavy (non-hydrogen) atoms. The van der Waals surface area contributed by atoms with E-state index in [1.807, 2.05) is 40.7 Å². The second-order valence-electron chi connectivity index (χ2n) is 8.73. The number of amides is 1. The molecular formula is C26H35NO3. The zero-order valence-electron chi connectivity index (χ0n) is 19.3. The van der Waals surface area contributed by atoms with Gasteiger partial charge in [-0.1, -0.05) is 43.5 Å². The third-order valence-corrected chi connectivity index (χ3v) is 6.12. The number of hydrogen-bond acceptors (Lipinski definition) is 3. The Morgan fingerprint density at radius 1 is 1.10 bits per heavy atom. The summed E-state index contributed by atoms with van der Waals surface area (Å²) < 4.78 is 6.38. The Labute approximate surface area is 180 Å². The van der Waals surface area contributed by atoms with Gasteiger partial charge in [0.25, 0.3) is 5.91 Å². The molecule has 4 nitrogen and oxygen atoms in total. The Kier molecular flexibility index (Phi) is 6.44. The fourth-order valence-electron chi connectivity index (χ4n) is 4.43. The highest BCUT2D eigenvalue weighted by molar-refractivity contribution is 6.02. The lowest BCUT2D eigenvalue weighted by Gasteiger charge is -2.36. The number of phenols is 1. The molecule has 1 aliphatic heterocycles. The van der Waals surface area contributed by atoms with E-state index >= 15 is 0 Å². The van der Waals surface area contributed by atoms with Gasteiger partial charge in [-0.25, -0.2) is 0 Å². The monoisotopic (exact) mass is 409 g/mol. The average molecular weight is 410 g/mol. The standard InChI is InChI=1S/C26H35NO3/c1-7-10-11-12-18-16-21-23(24(28)22(18)25(29)27(8-2)9-3)19-15-17(4)13-14-20(19)26(5,6)30-21/h13-16,28H,7-12H2,1-6H3. The van der Waals surface area contributed by atoms with Crippen molar-refractivity contribution in [1.82, 2.24) is 4.90 Å². The molecule has 162 valence electrons. The second kappa shape index (κ2) is 8.71. The first-order chi connectivity index (χ1) is 14.2. The van der Waals surface area contributed by atoms with E-state index in [0.29, 0.717) is 30.0 Å². The lowest BCUT2D eigenvalue weighted by atomic mass is 9.83. The van der Waals surface area contributed by atoms with Crippen LogP contribution in [0.1, 0.15) is 80.9 Å². The van der Waals surface area contributed by atoms with Crippen LogP contribution in [0.2, 0.25) is 0 Å². The maximum Gasteiger partial charge on any atom is 0.257 e. The minimum atomic E-state index is -0.506. The zero-order chi connectivity index (χ0) is 22.1. The SMILES string of the molecule is CCCCCc1cc2c(c(O)c1C(=O)N(CC)CC)-c1cc(C)ccc1C(C)(C)O2. The van der Waals surface area contributed by atoms with Gasteiger partial charge >= 0.3 is 0 Å². The molecule has 0 aliphatic carbocycles. The summed E-state index contributed by atoms with van der Waals surface area (Å²) in [5.74, 6) is 0.613. The molecule has 0 atom stereocenters.